The summed E-state index contributed by atoms with van der Waals surface area (Å²) in [6, 6.07) is 0. The molecule has 0 aliphatic carbocycles. The van der Waals surface area contributed by atoms with Gasteiger partial charge in [0.25, 0.3) is 5.56 Å². The van der Waals surface area contributed by atoms with E-state index < -0.39 is 38.4 Å². The second-order valence-corrected chi connectivity index (χ2v) is 13.3. The minimum absolute atomic E-state index is 0.0196. The van der Waals surface area contributed by atoms with Gasteiger partial charge in [-0.15, -0.1) is 0 Å². The highest BCUT2D eigenvalue weighted by Gasteiger charge is 2.48. The van der Waals surface area contributed by atoms with Gasteiger partial charge in [-0.3, -0.25) is 19.2 Å². The van der Waals surface area contributed by atoms with Gasteiger partial charge >= 0.3 is 0 Å². The van der Waals surface area contributed by atoms with Gasteiger partial charge in [-0.25, -0.2) is 10.9 Å². The number of anilines is 1. The molecular formula is C16H28N6O5Si. The van der Waals surface area contributed by atoms with E-state index in [9.17, 15) is 9.90 Å². The van der Waals surface area contributed by atoms with E-state index in [1.807, 2.05) is 0 Å². The van der Waals surface area contributed by atoms with Crippen LogP contribution in [-0.2, 0) is 14.0 Å². The zero-order valence-corrected chi connectivity index (χ0v) is 17.7. The Kier molecular flexibility index (Phi) is 5.38. The minimum Gasteiger partial charge on any atom is -0.414 e. The number of hydrogen-bond donors (Lipinski definition) is 4. The molecule has 6 N–H and O–H groups in total. The summed E-state index contributed by atoms with van der Waals surface area (Å²) < 4.78 is 13.6. The Labute approximate surface area is 163 Å². The Hall–Kier alpha value is -1.83. The van der Waals surface area contributed by atoms with Gasteiger partial charge in [-0.05, 0) is 18.1 Å². The summed E-state index contributed by atoms with van der Waals surface area (Å²) in [5.74, 6) is 5.36. The van der Waals surface area contributed by atoms with Gasteiger partial charge < -0.3 is 20.0 Å². The number of rotatable bonds is 5. The maximum atomic E-state index is 12.0. The average Bonchev–Trinajstić information content (AvgIpc) is 3.12. The van der Waals surface area contributed by atoms with Crippen LogP contribution in [0.3, 0.4) is 0 Å². The molecule has 0 saturated carbocycles. The van der Waals surface area contributed by atoms with Crippen LogP contribution in [0.4, 0.5) is 5.95 Å². The van der Waals surface area contributed by atoms with Crippen molar-refractivity contribution in [1.29, 1.82) is 0 Å². The molecule has 3 rings (SSSR count). The molecule has 1 saturated heterocycles. The number of nitrogen functional groups attached to an aromatic ring is 1. The number of nitrogens with one attached hydrogen (secondary N) is 1. The zero-order chi connectivity index (χ0) is 20.9. The molecule has 2 aromatic rings. The summed E-state index contributed by atoms with van der Waals surface area (Å²) >= 11 is 0. The highest BCUT2D eigenvalue weighted by Crippen LogP contribution is 2.38. The number of nitrogens with two attached hydrogens (primary N) is 2. The van der Waals surface area contributed by atoms with Crippen LogP contribution in [0, 0.1) is 0 Å². The van der Waals surface area contributed by atoms with Crippen molar-refractivity contribution in [3.63, 3.8) is 0 Å². The zero-order valence-electron chi connectivity index (χ0n) is 16.7. The van der Waals surface area contributed by atoms with Gasteiger partial charge in [0, 0.05) is 0 Å². The number of hydrogen-bond acceptors (Lipinski definition) is 9. The van der Waals surface area contributed by atoms with Crippen molar-refractivity contribution < 1.29 is 19.1 Å². The van der Waals surface area contributed by atoms with Crippen molar-refractivity contribution >= 4 is 25.4 Å². The predicted octanol–water partition coefficient (Wildman–Crippen LogP) is 0.241. The third-order valence-corrected chi connectivity index (χ3v) is 10.1. The molecule has 0 bridgehead atoms. The molecule has 0 amide bonds. The first-order valence-corrected chi connectivity index (χ1v) is 11.9. The van der Waals surface area contributed by atoms with E-state index in [1.165, 1.54) is 10.9 Å². The SMILES string of the molecule is CC(C)(C)[Si](C)(C)OC[C@H]1O[C@@H](n2cnc3c(=O)[nH]c(N)nc32)C(O)C1ON. The molecule has 0 spiro atoms. The van der Waals surface area contributed by atoms with E-state index in [0.717, 1.165) is 0 Å². The molecule has 2 aromatic heterocycles. The first-order valence-electron chi connectivity index (χ1n) is 9.01. The summed E-state index contributed by atoms with van der Waals surface area (Å²) in [5.41, 5.74) is 5.45. The standard InChI is InChI=1S/C16H28N6O5Si/c1-16(2,3)28(4,5)25-6-8-11(27-18)10(23)14(26-8)22-7-19-9-12(22)20-15(17)21-13(9)24/h7-8,10-11,14,23H,6,18H2,1-5H3,(H3,17,20,21,24)/t8-,10?,11?,14-/m1/s1. The van der Waals surface area contributed by atoms with Crippen molar-refractivity contribution in [1.82, 2.24) is 19.5 Å². The quantitative estimate of drug-likeness (QED) is 0.398. The number of aromatic nitrogens is 4. The molecule has 156 valence electrons. The number of aliphatic hydroxyl groups is 1. The third kappa shape index (κ3) is 3.58. The number of nitrogens with zero attached hydrogens (tertiary/aromatic N) is 3. The summed E-state index contributed by atoms with van der Waals surface area (Å²) in [5, 5.41) is 10.7. The molecule has 3 heterocycles. The highest BCUT2D eigenvalue weighted by molar-refractivity contribution is 6.74. The van der Waals surface area contributed by atoms with Gasteiger partial charge in [0.1, 0.15) is 18.3 Å². The largest absolute Gasteiger partial charge is 0.414 e. The van der Waals surface area contributed by atoms with Crippen LogP contribution in [0.2, 0.25) is 18.1 Å². The summed E-state index contributed by atoms with van der Waals surface area (Å²) in [6.07, 6.45) is -2.06. The Morgan fingerprint density at radius 2 is 2.11 bits per heavy atom. The summed E-state index contributed by atoms with van der Waals surface area (Å²) in [7, 11) is -2.04. The lowest BCUT2D eigenvalue weighted by Crippen LogP contribution is -2.45. The molecule has 0 aromatic carbocycles. The van der Waals surface area contributed by atoms with Crippen LogP contribution in [0.1, 0.15) is 27.0 Å². The number of ether oxygens (including phenoxy) is 1. The summed E-state index contributed by atoms with van der Waals surface area (Å²) in [4.78, 5) is 27.5. The van der Waals surface area contributed by atoms with Crippen LogP contribution >= 0.6 is 0 Å². The fourth-order valence-corrected chi connectivity index (χ4v) is 3.90. The molecule has 12 heteroatoms. The lowest BCUT2D eigenvalue weighted by Gasteiger charge is -2.37. The molecule has 1 aliphatic rings. The average molecular weight is 413 g/mol. The first kappa shape index (κ1) is 20.9. The molecule has 0 radical (unpaired) electrons. The smallest absolute Gasteiger partial charge is 0.280 e. The maximum Gasteiger partial charge on any atom is 0.280 e. The van der Waals surface area contributed by atoms with Crippen LogP contribution in [0.5, 0.6) is 0 Å². The number of fused-ring (bicyclic) bond motifs is 1. The van der Waals surface area contributed by atoms with Crippen LogP contribution in [-0.4, -0.2) is 57.9 Å². The van der Waals surface area contributed by atoms with Crippen LogP contribution < -0.4 is 17.2 Å². The van der Waals surface area contributed by atoms with Crippen molar-refractivity contribution in [2.45, 2.75) is 63.4 Å². The van der Waals surface area contributed by atoms with Crippen LogP contribution in [0.15, 0.2) is 11.1 Å². The molecule has 1 aliphatic heterocycles. The Morgan fingerprint density at radius 3 is 2.71 bits per heavy atom. The second-order valence-electron chi connectivity index (χ2n) is 8.50. The first-order chi connectivity index (χ1) is 13.0. The Morgan fingerprint density at radius 1 is 1.43 bits per heavy atom. The fourth-order valence-electron chi connectivity index (χ4n) is 2.89. The van der Waals surface area contributed by atoms with E-state index in [4.69, 9.17) is 25.6 Å². The van der Waals surface area contributed by atoms with Crippen molar-refractivity contribution in [3.8, 4) is 0 Å². The molecule has 1 fully saturated rings. The number of H-pyrrole nitrogens is 1. The van der Waals surface area contributed by atoms with Gasteiger partial charge in [-0.2, -0.15) is 4.98 Å². The second kappa shape index (κ2) is 7.20. The monoisotopic (exact) mass is 412 g/mol. The van der Waals surface area contributed by atoms with E-state index >= 15 is 0 Å². The fraction of sp³-hybridized carbons (Fsp3) is 0.688. The van der Waals surface area contributed by atoms with Gasteiger partial charge in [0.15, 0.2) is 25.7 Å². The lowest BCUT2D eigenvalue weighted by atomic mass is 10.1. The maximum absolute atomic E-state index is 12.0. The molecule has 11 nitrogen and oxygen atoms in total. The van der Waals surface area contributed by atoms with Crippen molar-refractivity contribution in [2.75, 3.05) is 12.3 Å². The van der Waals surface area contributed by atoms with Gasteiger partial charge in [0.05, 0.1) is 12.9 Å². The topological polar surface area (TPSA) is 164 Å². The third-order valence-electron chi connectivity index (χ3n) is 5.61. The Bertz CT molecular complexity index is 907. The van der Waals surface area contributed by atoms with E-state index in [1.54, 1.807) is 0 Å². The number of aliphatic hydroxyl groups excluding tert-OH is 1. The van der Waals surface area contributed by atoms with Crippen LogP contribution in [0.25, 0.3) is 11.2 Å². The van der Waals surface area contributed by atoms with E-state index in [-0.39, 0.29) is 28.8 Å². The van der Waals surface area contributed by atoms with E-state index in [2.05, 4.69) is 48.8 Å². The number of imidazole rings is 1. The van der Waals surface area contributed by atoms with Crippen molar-refractivity contribution in [3.05, 3.63) is 16.7 Å². The summed E-state index contributed by atoms with van der Waals surface area (Å²) in [6.45, 7) is 10.9. The van der Waals surface area contributed by atoms with Gasteiger partial charge in [-0.1, -0.05) is 20.8 Å². The van der Waals surface area contributed by atoms with Gasteiger partial charge in [0.2, 0.25) is 5.95 Å². The normalized spacial score (nSPS) is 26.2. The van der Waals surface area contributed by atoms with Crippen molar-refractivity contribution in [2.24, 2.45) is 5.90 Å². The van der Waals surface area contributed by atoms with E-state index in [0.29, 0.717) is 0 Å². The molecular weight excluding hydrogens is 384 g/mol. The minimum atomic E-state index is -2.04. The lowest BCUT2D eigenvalue weighted by molar-refractivity contribution is -0.0589. The molecule has 2 unspecified atom stereocenters. The molecule has 4 atom stereocenters. The Balaban J connectivity index is 1.86. The molecule has 28 heavy (non-hydrogen) atoms. The highest BCUT2D eigenvalue weighted by atomic mass is 28.4. The predicted molar refractivity (Wildman–Crippen MR) is 105 cm³/mol. The number of aromatic amines is 1.